The van der Waals surface area contributed by atoms with Gasteiger partial charge < -0.3 is 15.2 Å². The van der Waals surface area contributed by atoms with E-state index in [0.717, 1.165) is 33.7 Å². The number of fused-ring (bicyclic) bond motifs is 4. The molecule has 130 valence electrons. The molecule has 0 spiro atoms. The van der Waals surface area contributed by atoms with E-state index in [2.05, 4.69) is 25.9 Å². The first-order chi connectivity index (χ1) is 12.7. The van der Waals surface area contributed by atoms with E-state index in [0.29, 0.717) is 18.5 Å². The normalized spacial score (nSPS) is 18.1. The molecule has 0 bridgehead atoms. The zero-order valence-electron chi connectivity index (χ0n) is 14.1. The highest BCUT2D eigenvalue weighted by molar-refractivity contribution is 5.94. The van der Waals surface area contributed by atoms with E-state index in [1.54, 1.807) is 7.11 Å². The summed E-state index contributed by atoms with van der Waals surface area (Å²) in [7, 11) is 1.64. The average Bonchev–Trinajstić information content (AvgIpc) is 3.04. The highest BCUT2D eigenvalue weighted by Crippen LogP contribution is 2.37. The van der Waals surface area contributed by atoms with Gasteiger partial charge in [0.1, 0.15) is 18.1 Å². The van der Waals surface area contributed by atoms with Gasteiger partial charge in [0, 0.05) is 17.2 Å². The maximum absolute atomic E-state index is 6.00. The molecule has 3 aromatic rings. The first kappa shape index (κ1) is 14.8. The molecule has 0 fully saturated rings. The Bertz CT molecular complexity index is 1080. The Hall–Kier alpha value is -3.48. The van der Waals surface area contributed by atoms with Gasteiger partial charge >= 0.3 is 0 Å². The molecule has 0 amide bonds. The molecule has 1 aromatic heterocycles. The summed E-state index contributed by atoms with van der Waals surface area (Å²) in [5.41, 5.74) is 9.90. The predicted molar refractivity (Wildman–Crippen MR) is 100 cm³/mol. The van der Waals surface area contributed by atoms with Crippen molar-refractivity contribution in [2.45, 2.75) is 6.17 Å². The van der Waals surface area contributed by atoms with Gasteiger partial charge in [0.15, 0.2) is 12.1 Å². The lowest BCUT2D eigenvalue weighted by Gasteiger charge is -2.28. The second-order valence-corrected chi connectivity index (χ2v) is 6.22. The molecule has 26 heavy (non-hydrogen) atoms. The van der Waals surface area contributed by atoms with Crippen molar-refractivity contribution >= 4 is 29.0 Å². The van der Waals surface area contributed by atoms with Gasteiger partial charge in [-0.15, -0.1) is 0 Å². The third kappa shape index (κ3) is 2.21. The molecular weight excluding hydrogens is 330 g/mol. The minimum absolute atomic E-state index is 0.297. The molecule has 2 aliphatic heterocycles. The standard InChI is InChI=1S/C19H17N5O2/c1-25-13-7-6-11-8-12(10-26-16(11)9-13)17-22-18(20)23-19-21-14-4-2-3-5-15(14)24(17)19/h2-9,17H,10H2,1H3,(H3,20,21,22,23). The van der Waals surface area contributed by atoms with Crippen molar-refractivity contribution in [3.63, 3.8) is 0 Å². The molecule has 7 heteroatoms. The molecule has 5 rings (SSSR count). The summed E-state index contributed by atoms with van der Waals surface area (Å²) < 4.78 is 13.3. The largest absolute Gasteiger partial charge is 0.497 e. The van der Waals surface area contributed by atoms with Gasteiger partial charge in [-0.05, 0) is 30.3 Å². The number of nitrogens with one attached hydrogen (secondary N) is 1. The molecule has 2 aromatic carbocycles. The van der Waals surface area contributed by atoms with E-state index >= 15 is 0 Å². The molecule has 3 N–H and O–H groups in total. The van der Waals surface area contributed by atoms with Crippen molar-refractivity contribution in [3.05, 3.63) is 53.6 Å². The van der Waals surface area contributed by atoms with Gasteiger partial charge in [0.05, 0.1) is 18.1 Å². The minimum atomic E-state index is -0.297. The van der Waals surface area contributed by atoms with Crippen molar-refractivity contribution in [2.75, 3.05) is 19.0 Å². The zero-order chi connectivity index (χ0) is 17.7. The third-order valence-electron chi connectivity index (χ3n) is 4.63. The summed E-state index contributed by atoms with van der Waals surface area (Å²) in [6.07, 6.45) is 1.80. The van der Waals surface area contributed by atoms with E-state index in [4.69, 9.17) is 15.2 Å². The second-order valence-electron chi connectivity index (χ2n) is 6.22. The minimum Gasteiger partial charge on any atom is -0.497 e. The van der Waals surface area contributed by atoms with Gasteiger partial charge in [-0.25, -0.2) is 9.98 Å². The lowest BCUT2D eigenvalue weighted by atomic mass is 10.0. The van der Waals surface area contributed by atoms with Gasteiger partial charge in [0.2, 0.25) is 5.95 Å². The first-order valence-electron chi connectivity index (χ1n) is 8.31. The molecule has 0 radical (unpaired) electrons. The summed E-state index contributed by atoms with van der Waals surface area (Å²) >= 11 is 0. The first-order valence-corrected chi connectivity index (χ1v) is 8.31. The van der Waals surface area contributed by atoms with Crippen molar-refractivity contribution in [1.29, 1.82) is 0 Å². The maximum Gasteiger partial charge on any atom is 0.212 e. The van der Waals surface area contributed by atoms with Crippen molar-refractivity contribution < 1.29 is 9.47 Å². The van der Waals surface area contributed by atoms with Crippen LogP contribution in [0.25, 0.3) is 17.1 Å². The Balaban J connectivity index is 1.64. The van der Waals surface area contributed by atoms with E-state index in [-0.39, 0.29) is 6.17 Å². The molecule has 3 heterocycles. The highest BCUT2D eigenvalue weighted by atomic mass is 16.5. The maximum atomic E-state index is 6.00. The predicted octanol–water partition coefficient (Wildman–Crippen LogP) is 2.76. The Morgan fingerprint density at radius 1 is 1.27 bits per heavy atom. The van der Waals surface area contributed by atoms with Gasteiger partial charge in [-0.1, -0.05) is 12.1 Å². The van der Waals surface area contributed by atoms with Crippen LogP contribution in [0.4, 0.5) is 5.95 Å². The molecule has 0 saturated carbocycles. The summed E-state index contributed by atoms with van der Waals surface area (Å²) in [5, 5.41) is 3.05. The number of aliphatic imine (C=N–C) groups is 1. The zero-order valence-corrected chi connectivity index (χ0v) is 14.1. The van der Waals surface area contributed by atoms with Crippen LogP contribution in [-0.2, 0) is 0 Å². The Kier molecular flexibility index (Phi) is 3.15. The number of anilines is 1. The number of benzene rings is 2. The lowest BCUT2D eigenvalue weighted by Crippen LogP contribution is -2.32. The molecule has 1 atom stereocenters. The monoisotopic (exact) mass is 347 g/mol. The number of hydrogen-bond donors (Lipinski definition) is 2. The number of aromatic nitrogens is 2. The van der Waals surface area contributed by atoms with Crippen molar-refractivity contribution in [3.8, 4) is 11.5 Å². The molecule has 7 nitrogen and oxygen atoms in total. The number of hydrogen-bond acceptors (Lipinski definition) is 6. The fourth-order valence-electron chi connectivity index (χ4n) is 3.40. The Morgan fingerprint density at radius 2 is 2.15 bits per heavy atom. The third-order valence-corrected chi connectivity index (χ3v) is 4.63. The van der Waals surface area contributed by atoms with Crippen LogP contribution in [0, 0.1) is 0 Å². The van der Waals surface area contributed by atoms with Crippen LogP contribution in [0.3, 0.4) is 0 Å². The van der Waals surface area contributed by atoms with E-state index in [1.807, 2.05) is 42.5 Å². The van der Waals surface area contributed by atoms with Crippen LogP contribution in [0.5, 0.6) is 11.5 Å². The SMILES string of the molecule is COc1ccc2c(c1)OCC(C1N=C(N)Nc3nc4ccccc4n31)=C2. The van der Waals surface area contributed by atoms with Crippen molar-refractivity contribution in [2.24, 2.45) is 10.7 Å². The fraction of sp³-hybridized carbons (Fsp3) is 0.158. The van der Waals surface area contributed by atoms with E-state index < -0.39 is 0 Å². The van der Waals surface area contributed by atoms with E-state index in [9.17, 15) is 0 Å². The summed E-state index contributed by atoms with van der Waals surface area (Å²) in [6, 6.07) is 13.7. The number of nitrogens with two attached hydrogens (primary N) is 1. The van der Waals surface area contributed by atoms with Crippen LogP contribution >= 0.6 is 0 Å². The van der Waals surface area contributed by atoms with Crippen LogP contribution in [-0.4, -0.2) is 29.2 Å². The summed E-state index contributed by atoms with van der Waals surface area (Å²) in [6.45, 7) is 0.424. The molecular formula is C19H17N5O2. The number of nitrogens with zero attached hydrogens (tertiary/aromatic N) is 3. The van der Waals surface area contributed by atoms with Crippen LogP contribution < -0.4 is 20.5 Å². The molecule has 1 unspecified atom stereocenters. The molecule has 2 aliphatic rings. The number of guanidine groups is 1. The van der Waals surface area contributed by atoms with Crippen LogP contribution in [0.1, 0.15) is 11.7 Å². The Labute approximate surface area is 149 Å². The van der Waals surface area contributed by atoms with Crippen molar-refractivity contribution in [1.82, 2.24) is 9.55 Å². The number of methoxy groups -OCH3 is 1. The fourth-order valence-corrected chi connectivity index (χ4v) is 3.40. The Morgan fingerprint density at radius 3 is 3.04 bits per heavy atom. The van der Waals surface area contributed by atoms with E-state index in [1.165, 1.54) is 0 Å². The number of para-hydroxylation sites is 2. The van der Waals surface area contributed by atoms with Gasteiger partial charge in [0.25, 0.3) is 0 Å². The lowest BCUT2D eigenvalue weighted by molar-refractivity contribution is 0.327. The summed E-state index contributed by atoms with van der Waals surface area (Å²) in [5.74, 6) is 2.60. The second kappa shape index (κ2) is 5.52. The van der Waals surface area contributed by atoms with Crippen LogP contribution in [0.15, 0.2) is 53.0 Å². The van der Waals surface area contributed by atoms with Crippen LogP contribution in [0.2, 0.25) is 0 Å². The number of rotatable bonds is 2. The highest BCUT2D eigenvalue weighted by Gasteiger charge is 2.28. The number of imidazole rings is 1. The molecule has 0 saturated heterocycles. The smallest absolute Gasteiger partial charge is 0.212 e. The topological polar surface area (TPSA) is 86.7 Å². The summed E-state index contributed by atoms with van der Waals surface area (Å²) in [4.78, 5) is 9.23. The quantitative estimate of drug-likeness (QED) is 0.744. The average molecular weight is 347 g/mol. The van der Waals surface area contributed by atoms with Gasteiger partial charge in [-0.3, -0.25) is 9.88 Å². The van der Waals surface area contributed by atoms with Gasteiger partial charge in [-0.2, -0.15) is 0 Å². The number of ether oxygens (including phenoxy) is 2. The molecule has 0 aliphatic carbocycles.